The lowest BCUT2D eigenvalue weighted by Gasteiger charge is -2.38. The number of hydrogen-bond acceptors (Lipinski definition) is 18. The number of alkyl halides is 5. The number of piperazine rings is 1. The predicted molar refractivity (Wildman–Crippen MR) is 382 cm³/mol. The number of benzene rings is 3. The van der Waals surface area contributed by atoms with E-state index in [4.69, 9.17) is 33.7 Å². The molecule has 6 atom stereocenters. The normalized spacial score (nSPS) is 21.3. The average Bonchev–Trinajstić information content (AvgIpc) is 1.66. The molecule has 3 aromatic carbocycles. The summed E-state index contributed by atoms with van der Waals surface area (Å²) >= 11 is 2.91. The highest BCUT2D eigenvalue weighted by atomic mass is 32.1. The summed E-state index contributed by atoms with van der Waals surface area (Å²) in [6.07, 6.45) is -0.719. The van der Waals surface area contributed by atoms with Crippen molar-refractivity contribution in [2.24, 2.45) is 17.3 Å². The Bertz CT molecular complexity index is 4700. The second kappa shape index (κ2) is 27.8. The second-order valence-corrected chi connectivity index (χ2v) is 37.1. The van der Waals surface area contributed by atoms with Crippen molar-refractivity contribution >= 4 is 96.3 Å². The number of likely N-dealkylation sites (tertiary alicyclic amines) is 2. The van der Waals surface area contributed by atoms with E-state index < -0.39 is 79.7 Å². The van der Waals surface area contributed by atoms with Gasteiger partial charge in [-0.25, -0.2) is 22.9 Å². The molecule has 0 radical (unpaired) electrons. The first-order chi connectivity index (χ1) is 48.7. The number of anilines is 1. The first-order valence-corrected chi connectivity index (χ1v) is 39.0. The van der Waals surface area contributed by atoms with Gasteiger partial charge in [-0.1, -0.05) is 91.6 Å². The molecule has 1 aliphatic carbocycles. The summed E-state index contributed by atoms with van der Waals surface area (Å²) in [5.74, 6) is -4.37. The molecule has 28 heteroatoms. The summed E-state index contributed by atoms with van der Waals surface area (Å²) in [6.45, 7) is 20.7. The lowest BCUT2D eigenvalue weighted by atomic mass is 9.91. The van der Waals surface area contributed by atoms with Gasteiger partial charge in [-0.05, 0) is 114 Å². The lowest BCUT2D eigenvalue weighted by molar-refractivity contribution is -0.204. The number of halogens is 6. The number of esters is 1. The van der Waals surface area contributed by atoms with Crippen molar-refractivity contribution in [2.45, 2.75) is 166 Å². The number of rotatable bonds is 21. The van der Waals surface area contributed by atoms with Crippen LogP contribution in [0.1, 0.15) is 122 Å². The van der Waals surface area contributed by atoms with Crippen molar-refractivity contribution in [3.8, 4) is 45.1 Å². The molecule has 4 saturated heterocycles. The van der Waals surface area contributed by atoms with Gasteiger partial charge < -0.3 is 44.1 Å². The molecule has 2 bridgehead atoms. The number of H-pyrrole nitrogens is 1. The Morgan fingerprint density at radius 1 is 0.882 bits per heavy atom. The van der Waals surface area contributed by atoms with Gasteiger partial charge in [0.25, 0.3) is 11.8 Å². The number of hydrogen-bond donors (Lipinski definition) is 3. The highest BCUT2D eigenvalue weighted by Gasteiger charge is 2.72. The standard InChI is InChI=1S/C74H82F6N12O7S2Si/c1-39(2)59(69(94)92-33-50(98-70(95)74(78,79)80)27-56(92)67(93)82-29-44-10-12-46(13-11-44)64-43(9)83-38-100-64)57-28-58(89-99-57)96-34-45-19-23-90(24-20-45)36-72(35-73(72,76)77)37-97-71-86-66(91-31-48-15-16-49(32-91)85-48)62-52-18-22-81-63(65(52)101-68(62)87-71)61-53-30-84-88-55(53)26-47-14-17-54(75)51(60(47)61)21-25-102(40(3)4,41(5)6)42(7)8/h10-14,17-18,22,26,28,30,38-42,45,48-50,56,59,85H,15-16,19-20,23-24,27,29,31-37H2,1-9H3,(H,82,93)(H,84,88)/t48?,49?,50-,56+,59?,72-/m1/s1. The number of thiophene rings is 1. The molecule has 5 aliphatic rings. The fourth-order valence-corrected chi connectivity index (χ4v) is 23.6. The maximum atomic E-state index is 16.8. The molecular weight excluding hydrogens is 1380 g/mol. The minimum Gasteiger partial charge on any atom is -0.475 e. The Labute approximate surface area is 595 Å². The van der Waals surface area contributed by atoms with Gasteiger partial charge in [0.15, 0.2) is 5.76 Å². The molecule has 102 heavy (non-hydrogen) atoms. The van der Waals surface area contributed by atoms with E-state index in [0.29, 0.717) is 88.5 Å². The molecule has 19 nitrogen and oxygen atoms in total. The third kappa shape index (κ3) is 13.5. The van der Waals surface area contributed by atoms with Gasteiger partial charge in [-0.2, -0.15) is 28.2 Å². The third-order valence-electron chi connectivity index (χ3n) is 21.8. The molecule has 6 aromatic heterocycles. The molecule has 2 amide bonds. The van der Waals surface area contributed by atoms with Crippen molar-refractivity contribution in [1.82, 2.24) is 55.7 Å². The number of aromatic amines is 1. The Kier molecular flexibility index (Phi) is 19.3. The Morgan fingerprint density at radius 2 is 1.61 bits per heavy atom. The Balaban J connectivity index is 0.663. The zero-order valence-electron chi connectivity index (χ0n) is 58.3. The zero-order chi connectivity index (χ0) is 71.9. The van der Waals surface area contributed by atoms with Crippen molar-refractivity contribution in [3.05, 3.63) is 101 Å². The van der Waals surface area contributed by atoms with Crippen LogP contribution in [0.4, 0.5) is 32.2 Å². The van der Waals surface area contributed by atoms with Crippen molar-refractivity contribution in [2.75, 3.05) is 57.4 Å². The van der Waals surface area contributed by atoms with Gasteiger partial charge in [0.05, 0.1) is 67.7 Å². The van der Waals surface area contributed by atoms with E-state index in [-0.39, 0.29) is 74.8 Å². The maximum Gasteiger partial charge on any atom is 0.490 e. The number of aromatic nitrogens is 7. The number of pyridine rings is 1. The summed E-state index contributed by atoms with van der Waals surface area (Å²) < 4.78 is 113. The minimum atomic E-state index is -5.30. The summed E-state index contributed by atoms with van der Waals surface area (Å²) in [6, 6.07) is 15.3. The van der Waals surface area contributed by atoms with Gasteiger partial charge in [-0.3, -0.25) is 19.7 Å². The topological polar surface area (TPSA) is 219 Å². The van der Waals surface area contributed by atoms with Crippen LogP contribution < -0.4 is 25.0 Å². The minimum absolute atomic E-state index is 0.00133. The largest absolute Gasteiger partial charge is 0.490 e. The fraction of sp³-hybridized carbons (Fsp3) is 0.500. The Hall–Kier alpha value is -8.23. The number of thiazole rings is 1. The fourth-order valence-electron chi connectivity index (χ4n) is 16.4. The van der Waals surface area contributed by atoms with Crippen molar-refractivity contribution < 1.29 is 59.5 Å². The number of nitrogens with one attached hydrogen (secondary N) is 3. The molecule has 10 heterocycles. The molecule has 0 spiro atoms. The van der Waals surface area contributed by atoms with Gasteiger partial charge in [0, 0.05) is 85.1 Å². The van der Waals surface area contributed by atoms with Gasteiger partial charge in [-0.15, -0.1) is 28.2 Å². The van der Waals surface area contributed by atoms with E-state index in [1.54, 1.807) is 37.8 Å². The van der Waals surface area contributed by atoms with E-state index in [1.165, 1.54) is 34.8 Å². The number of fused-ring (bicyclic) bond motifs is 7. The number of nitrogens with zero attached hydrogens (tertiary/aromatic N) is 9. The van der Waals surface area contributed by atoms with E-state index in [9.17, 15) is 27.6 Å². The van der Waals surface area contributed by atoms with Crippen LogP contribution in [0.5, 0.6) is 11.9 Å². The lowest BCUT2D eigenvalue weighted by Crippen LogP contribution is -2.51. The van der Waals surface area contributed by atoms with Crippen LogP contribution >= 0.6 is 22.7 Å². The number of carbonyl (C=O) groups excluding carboxylic acids is 3. The number of ether oxygens (including phenoxy) is 3. The molecule has 4 aliphatic heterocycles. The molecule has 14 rings (SSSR count). The smallest absolute Gasteiger partial charge is 0.475 e. The maximum absolute atomic E-state index is 16.8. The van der Waals surface area contributed by atoms with Crippen LogP contribution in [-0.2, 0) is 25.7 Å². The third-order valence-corrected chi connectivity index (χ3v) is 30.2. The SMILES string of the molecule is Cc1ncsc1-c1ccc(CNC(=O)[C@@H]2C[C@@H](OC(=O)C(F)(F)F)CN2C(=O)C(c2cc(OCC3CCN(C[C@@]4(COc5nc(N6CC7CCC(C6)N7)c6c(n5)sc5c(-c7c8cn[nH]c8cc8ccc(F)c(C#C[Si](C(C)C)(C(C)C)C(C)C)c78)nccc56)CC4(F)F)CC3)no2)C(C)C)cc1. The van der Waals surface area contributed by atoms with Gasteiger partial charge in [0.1, 0.15) is 49.2 Å². The van der Waals surface area contributed by atoms with Crippen molar-refractivity contribution in [1.29, 1.82) is 0 Å². The second-order valence-electron chi connectivity index (χ2n) is 29.7. The van der Waals surface area contributed by atoms with Crippen LogP contribution in [0.15, 0.2) is 77.0 Å². The van der Waals surface area contributed by atoms with E-state index >= 15 is 13.2 Å². The van der Waals surface area contributed by atoms with Crippen molar-refractivity contribution in [3.63, 3.8) is 0 Å². The first kappa shape index (κ1) is 70.8. The molecule has 3 N–H and O–H groups in total. The molecule has 5 fully saturated rings. The number of aryl methyl sites for hydroxylation is 1. The summed E-state index contributed by atoms with van der Waals surface area (Å²) in [5, 5.41) is 22.1. The van der Waals surface area contributed by atoms with E-state index in [2.05, 4.69) is 88.9 Å². The molecular formula is C74H82F6N12O7S2Si. The molecule has 9 aromatic rings. The number of amides is 2. The van der Waals surface area contributed by atoms with Crippen LogP contribution in [-0.4, -0.2) is 160 Å². The first-order valence-electron chi connectivity index (χ1n) is 35.1. The number of carbonyl (C=O) groups is 3. The van der Waals surface area contributed by atoms with Crippen LogP contribution in [0.3, 0.4) is 0 Å². The van der Waals surface area contributed by atoms with Crippen LogP contribution in [0, 0.1) is 41.5 Å². The highest BCUT2D eigenvalue weighted by Crippen LogP contribution is 2.61. The summed E-state index contributed by atoms with van der Waals surface area (Å²) in [5.41, 5.74) is 9.91. The van der Waals surface area contributed by atoms with E-state index in [0.717, 1.165) is 71.2 Å². The van der Waals surface area contributed by atoms with Gasteiger partial charge in [0.2, 0.25) is 11.8 Å². The highest BCUT2D eigenvalue weighted by molar-refractivity contribution is 7.26. The Morgan fingerprint density at radius 3 is 2.27 bits per heavy atom. The van der Waals surface area contributed by atoms with Crippen LogP contribution in [0.2, 0.25) is 16.6 Å². The van der Waals surface area contributed by atoms with Gasteiger partial charge >= 0.3 is 18.2 Å². The number of piperidine rings is 1. The average molecular weight is 1460 g/mol. The summed E-state index contributed by atoms with van der Waals surface area (Å²) in [4.78, 5) is 67.2. The predicted octanol–water partition coefficient (Wildman–Crippen LogP) is 14.3. The molecule has 3 unspecified atom stereocenters. The van der Waals surface area contributed by atoms with E-state index in [1.807, 2.05) is 48.2 Å². The molecule has 1 saturated carbocycles. The van der Waals surface area contributed by atoms with Crippen LogP contribution in [0.25, 0.3) is 63.7 Å². The quantitative estimate of drug-likeness (QED) is 0.0264. The summed E-state index contributed by atoms with van der Waals surface area (Å²) in [7, 11) is -2.32. The monoisotopic (exact) mass is 1460 g/mol. The molecule has 538 valence electrons. The zero-order valence-corrected chi connectivity index (χ0v) is 60.9.